The summed E-state index contributed by atoms with van der Waals surface area (Å²) in [5, 5.41) is 0. The quantitative estimate of drug-likeness (QED) is 0.636. The van der Waals surface area contributed by atoms with Crippen LogP contribution in [0.5, 0.6) is 0 Å². The first-order valence-electron chi connectivity index (χ1n) is 4.22. The van der Waals surface area contributed by atoms with Crippen molar-refractivity contribution in [1.82, 2.24) is 4.31 Å². The number of hydrogen-bond donors (Lipinski definition) is 0. The standard InChI is InChI=1S/C7H15NO3S/c1-2-7-12(9,10)8-3-5-11-6-4-8/h2-7H2,1H3. The third-order valence-corrected chi connectivity index (χ3v) is 3.90. The van der Waals surface area contributed by atoms with Gasteiger partial charge in [-0.05, 0) is 6.42 Å². The molecule has 0 unspecified atom stereocenters. The summed E-state index contributed by atoms with van der Waals surface area (Å²) in [5.41, 5.74) is 0. The van der Waals surface area contributed by atoms with Gasteiger partial charge in [0.2, 0.25) is 10.0 Å². The topological polar surface area (TPSA) is 46.6 Å². The summed E-state index contributed by atoms with van der Waals surface area (Å²) in [6.07, 6.45) is 0.680. The molecule has 0 saturated carbocycles. The average molecular weight is 193 g/mol. The molecule has 0 atom stereocenters. The van der Waals surface area contributed by atoms with Crippen LogP contribution in [0.1, 0.15) is 13.3 Å². The van der Waals surface area contributed by atoms with Gasteiger partial charge in [0.1, 0.15) is 0 Å². The fraction of sp³-hybridized carbons (Fsp3) is 1.00. The van der Waals surface area contributed by atoms with Crippen molar-refractivity contribution in [2.24, 2.45) is 0 Å². The zero-order valence-corrected chi connectivity index (χ0v) is 8.14. The van der Waals surface area contributed by atoms with E-state index in [4.69, 9.17) is 4.74 Å². The normalized spacial score (nSPS) is 21.1. The molecule has 0 N–H and O–H groups in total. The van der Waals surface area contributed by atoms with Crippen LogP contribution in [0.3, 0.4) is 0 Å². The summed E-state index contributed by atoms with van der Waals surface area (Å²) in [6.45, 7) is 3.97. The second-order valence-electron chi connectivity index (χ2n) is 2.83. The van der Waals surface area contributed by atoms with Gasteiger partial charge in [0.25, 0.3) is 0 Å². The van der Waals surface area contributed by atoms with E-state index in [1.54, 1.807) is 0 Å². The molecule has 1 rings (SSSR count). The molecule has 0 aromatic heterocycles. The van der Waals surface area contributed by atoms with Crippen LogP contribution in [-0.2, 0) is 14.8 Å². The highest BCUT2D eigenvalue weighted by Gasteiger charge is 2.22. The Balaban J connectivity index is 2.54. The second kappa shape index (κ2) is 4.20. The molecule has 0 amide bonds. The molecule has 5 heteroatoms. The van der Waals surface area contributed by atoms with Crippen molar-refractivity contribution in [3.8, 4) is 0 Å². The lowest BCUT2D eigenvalue weighted by Gasteiger charge is -2.25. The average Bonchev–Trinajstić information content (AvgIpc) is 2.06. The van der Waals surface area contributed by atoms with E-state index < -0.39 is 10.0 Å². The third-order valence-electron chi connectivity index (χ3n) is 1.83. The Morgan fingerprint density at radius 3 is 2.42 bits per heavy atom. The first-order valence-corrected chi connectivity index (χ1v) is 5.83. The van der Waals surface area contributed by atoms with Gasteiger partial charge in [0, 0.05) is 13.1 Å². The van der Waals surface area contributed by atoms with Crippen LogP contribution in [0.2, 0.25) is 0 Å². The van der Waals surface area contributed by atoms with Crippen molar-refractivity contribution in [1.29, 1.82) is 0 Å². The van der Waals surface area contributed by atoms with Crippen LogP contribution in [0, 0.1) is 0 Å². The van der Waals surface area contributed by atoms with Crippen LogP contribution in [0.4, 0.5) is 0 Å². The van der Waals surface area contributed by atoms with Gasteiger partial charge in [-0.1, -0.05) is 6.92 Å². The van der Waals surface area contributed by atoms with E-state index in [1.807, 2.05) is 6.92 Å². The molecule has 1 aliphatic rings. The third kappa shape index (κ3) is 2.43. The zero-order valence-electron chi connectivity index (χ0n) is 7.32. The van der Waals surface area contributed by atoms with Crippen molar-refractivity contribution >= 4 is 10.0 Å². The molecule has 1 heterocycles. The maximum absolute atomic E-state index is 11.5. The van der Waals surface area contributed by atoms with Crippen molar-refractivity contribution in [2.75, 3.05) is 32.1 Å². The minimum atomic E-state index is -2.98. The number of sulfonamides is 1. The predicted octanol–water partition coefficient (Wildman–Crippen LogP) is 0.0584. The van der Waals surface area contributed by atoms with Crippen molar-refractivity contribution in [3.05, 3.63) is 0 Å². The zero-order chi connectivity index (χ0) is 9.03. The van der Waals surface area contributed by atoms with Gasteiger partial charge in [-0.3, -0.25) is 0 Å². The van der Waals surface area contributed by atoms with E-state index in [-0.39, 0.29) is 5.75 Å². The maximum atomic E-state index is 11.5. The summed E-state index contributed by atoms with van der Waals surface area (Å²) in [5.74, 6) is 0.257. The van der Waals surface area contributed by atoms with Gasteiger partial charge in [-0.15, -0.1) is 0 Å². The van der Waals surface area contributed by atoms with Crippen LogP contribution in [-0.4, -0.2) is 44.8 Å². The number of hydrogen-bond acceptors (Lipinski definition) is 3. The summed E-state index contributed by atoms with van der Waals surface area (Å²) >= 11 is 0. The van der Waals surface area contributed by atoms with Crippen LogP contribution in [0.15, 0.2) is 0 Å². The first-order chi connectivity index (χ1) is 5.67. The molecular formula is C7H15NO3S. The molecule has 1 saturated heterocycles. The SMILES string of the molecule is CCCS(=O)(=O)N1CCOCC1. The van der Waals surface area contributed by atoms with Gasteiger partial charge in [-0.2, -0.15) is 4.31 Å². The summed E-state index contributed by atoms with van der Waals surface area (Å²) < 4.78 is 29.5. The maximum Gasteiger partial charge on any atom is 0.214 e. The van der Waals surface area contributed by atoms with Crippen molar-refractivity contribution in [2.45, 2.75) is 13.3 Å². The number of morpholine rings is 1. The summed E-state index contributed by atoms with van der Waals surface area (Å²) in [6, 6.07) is 0. The molecule has 72 valence electrons. The largest absolute Gasteiger partial charge is 0.379 e. The molecule has 0 aromatic carbocycles. The fourth-order valence-corrected chi connectivity index (χ4v) is 2.69. The second-order valence-corrected chi connectivity index (χ2v) is 4.92. The Morgan fingerprint density at radius 1 is 1.33 bits per heavy atom. The summed E-state index contributed by atoms with van der Waals surface area (Å²) in [7, 11) is -2.98. The van der Waals surface area contributed by atoms with Crippen molar-refractivity contribution < 1.29 is 13.2 Å². The molecule has 0 bridgehead atoms. The van der Waals surface area contributed by atoms with Gasteiger partial charge < -0.3 is 4.74 Å². The highest BCUT2D eigenvalue weighted by molar-refractivity contribution is 7.89. The van der Waals surface area contributed by atoms with Crippen LogP contribution in [0.25, 0.3) is 0 Å². The molecule has 0 aromatic rings. The van der Waals surface area contributed by atoms with E-state index >= 15 is 0 Å². The first kappa shape index (κ1) is 9.95. The van der Waals surface area contributed by atoms with Gasteiger partial charge in [0.15, 0.2) is 0 Å². The van der Waals surface area contributed by atoms with Crippen LogP contribution < -0.4 is 0 Å². The van der Waals surface area contributed by atoms with E-state index in [0.717, 1.165) is 0 Å². The molecule has 0 radical (unpaired) electrons. The monoisotopic (exact) mass is 193 g/mol. The lowest BCUT2D eigenvalue weighted by atomic mass is 10.5. The Bertz CT molecular complexity index is 219. The van der Waals surface area contributed by atoms with E-state index in [9.17, 15) is 8.42 Å². The number of rotatable bonds is 3. The minimum Gasteiger partial charge on any atom is -0.379 e. The Hall–Kier alpha value is -0.130. The van der Waals surface area contributed by atoms with Gasteiger partial charge in [0.05, 0.1) is 19.0 Å². The highest BCUT2D eigenvalue weighted by atomic mass is 32.2. The molecule has 0 spiro atoms. The minimum absolute atomic E-state index is 0.257. The smallest absolute Gasteiger partial charge is 0.214 e. The number of nitrogens with zero attached hydrogens (tertiary/aromatic N) is 1. The lowest BCUT2D eigenvalue weighted by molar-refractivity contribution is 0.0730. The van der Waals surface area contributed by atoms with E-state index in [2.05, 4.69) is 0 Å². The highest BCUT2D eigenvalue weighted by Crippen LogP contribution is 2.06. The Morgan fingerprint density at radius 2 is 1.92 bits per heavy atom. The predicted molar refractivity (Wildman–Crippen MR) is 46.5 cm³/mol. The molecule has 1 fully saturated rings. The molecule has 1 aliphatic heterocycles. The van der Waals surface area contributed by atoms with E-state index in [0.29, 0.717) is 32.7 Å². The van der Waals surface area contributed by atoms with Crippen molar-refractivity contribution in [3.63, 3.8) is 0 Å². The molecule has 12 heavy (non-hydrogen) atoms. The number of ether oxygens (including phenoxy) is 1. The van der Waals surface area contributed by atoms with Gasteiger partial charge in [-0.25, -0.2) is 8.42 Å². The van der Waals surface area contributed by atoms with Crippen LogP contribution >= 0.6 is 0 Å². The molecule has 4 nitrogen and oxygen atoms in total. The van der Waals surface area contributed by atoms with E-state index in [1.165, 1.54) is 4.31 Å². The summed E-state index contributed by atoms with van der Waals surface area (Å²) in [4.78, 5) is 0. The molecule has 0 aliphatic carbocycles. The fourth-order valence-electron chi connectivity index (χ4n) is 1.21. The van der Waals surface area contributed by atoms with Gasteiger partial charge >= 0.3 is 0 Å². The Kier molecular flexibility index (Phi) is 3.49. The molecular weight excluding hydrogens is 178 g/mol. The Labute approximate surface area is 73.6 Å². The lowest BCUT2D eigenvalue weighted by Crippen LogP contribution is -2.41.